The Morgan fingerprint density at radius 3 is 2.43 bits per heavy atom. The quantitative estimate of drug-likeness (QED) is 0.657. The molecule has 0 saturated carbocycles. The Morgan fingerprint density at radius 1 is 1.00 bits per heavy atom. The molecule has 0 aromatic heterocycles. The molecule has 0 spiro atoms. The molecule has 1 amide bonds. The zero-order valence-corrected chi connectivity index (χ0v) is 13.2. The monoisotopic (exact) mass is 314 g/mol. The second-order valence-electron chi connectivity index (χ2n) is 4.51. The fourth-order valence-corrected chi connectivity index (χ4v) is 1.99. The van der Waals surface area contributed by atoms with Gasteiger partial charge in [-0.15, -0.1) is 0 Å². The van der Waals surface area contributed by atoms with Crippen molar-refractivity contribution in [2.45, 2.75) is 0 Å². The lowest BCUT2D eigenvalue weighted by Gasteiger charge is -2.07. The van der Waals surface area contributed by atoms with E-state index in [1.807, 2.05) is 0 Å². The van der Waals surface area contributed by atoms with Gasteiger partial charge in [-0.3, -0.25) is 4.79 Å². The average molecular weight is 314 g/mol. The van der Waals surface area contributed by atoms with Gasteiger partial charge in [0.1, 0.15) is 17.2 Å². The maximum absolute atomic E-state index is 12.1. The molecule has 6 nitrogen and oxygen atoms in total. The summed E-state index contributed by atoms with van der Waals surface area (Å²) in [6, 6.07) is 12.2. The van der Waals surface area contributed by atoms with Crippen molar-refractivity contribution in [2.75, 3.05) is 21.3 Å². The number of nitrogens with zero attached hydrogens (tertiary/aromatic N) is 1. The number of para-hydroxylation sites is 1. The highest BCUT2D eigenvalue weighted by atomic mass is 16.5. The van der Waals surface area contributed by atoms with Gasteiger partial charge in [0.05, 0.1) is 33.1 Å². The van der Waals surface area contributed by atoms with Crippen molar-refractivity contribution in [2.24, 2.45) is 5.10 Å². The van der Waals surface area contributed by atoms with Gasteiger partial charge in [0.2, 0.25) is 0 Å². The molecule has 6 heteroatoms. The van der Waals surface area contributed by atoms with E-state index in [1.54, 1.807) is 56.7 Å². The molecule has 2 aromatic carbocycles. The predicted molar refractivity (Wildman–Crippen MR) is 87.6 cm³/mol. The fourth-order valence-electron chi connectivity index (χ4n) is 1.99. The SMILES string of the molecule is COc1ccc(OC)c(C=NNC(=O)c2ccccc2OC)c1. The summed E-state index contributed by atoms with van der Waals surface area (Å²) in [5.41, 5.74) is 3.56. The minimum atomic E-state index is -0.361. The molecule has 0 aliphatic carbocycles. The van der Waals surface area contributed by atoms with Crippen LogP contribution in [0.4, 0.5) is 0 Å². The van der Waals surface area contributed by atoms with Crippen molar-refractivity contribution in [3.05, 3.63) is 53.6 Å². The summed E-state index contributed by atoms with van der Waals surface area (Å²) in [5.74, 6) is 1.42. The van der Waals surface area contributed by atoms with Crippen LogP contribution in [0.15, 0.2) is 47.6 Å². The van der Waals surface area contributed by atoms with E-state index in [4.69, 9.17) is 14.2 Å². The topological polar surface area (TPSA) is 69.2 Å². The van der Waals surface area contributed by atoms with Crippen LogP contribution in [-0.4, -0.2) is 33.5 Å². The molecule has 2 aromatic rings. The Kier molecular flexibility index (Phi) is 5.57. The van der Waals surface area contributed by atoms with Crippen molar-refractivity contribution in [1.29, 1.82) is 0 Å². The van der Waals surface area contributed by atoms with Crippen LogP contribution in [0.5, 0.6) is 17.2 Å². The molecule has 0 aliphatic rings. The first-order valence-corrected chi connectivity index (χ1v) is 6.88. The molecule has 0 radical (unpaired) electrons. The molecule has 23 heavy (non-hydrogen) atoms. The third kappa shape index (κ3) is 4.00. The van der Waals surface area contributed by atoms with Gasteiger partial charge in [-0.25, -0.2) is 5.43 Å². The minimum Gasteiger partial charge on any atom is -0.497 e. The van der Waals surface area contributed by atoms with Gasteiger partial charge in [0, 0.05) is 5.56 Å². The Morgan fingerprint density at radius 2 is 1.74 bits per heavy atom. The fraction of sp³-hybridized carbons (Fsp3) is 0.176. The summed E-state index contributed by atoms with van der Waals surface area (Å²) < 4.78 is 15.6. The third-order valence-electron chi connectivity index (χ3n) is 3.16. The number of benzene rings is 2. The van der Waals surface area contributed by atoms with Gasteiger partial charge >= 0.3 is 0 Å². The lowest BCUT2D eigenvalue weighted by Crippen LogP contribution is -2.18. The molecule has 120 valence electrons. The van der Waals surface area contributed by atoms with Gasteiger partial charge in [0.25, 0.3) is 5.91 Å². The number of nitrogens with one attached hydrogen (secondary N) is 1. The van der Waals surface area contributed by atoms with Crippen molar-refractivity contribution in [3.63, 3.8) is 0 Å². The molecule has 0 atom stereocenters. The number of carbonyl (C=O) groups is 1. The van der Waals surface area contributed by atoms with Gasteiger partial charge in [-0.05, 0) is 30.3 Å². The van der Waals surface area contributed by atoms with Crippen LogP contribution in [0.25, 0.3) is 0 Å². The molecule has 0 fully saturated rings. The first-order chi connectivity index (χ1) is 11.2. The maximum atomic E-state index is 12.1. The molecular formula is C17H18N2O4. The van der Waals surface area contributed by atoms with Crippen LogP contribution in [0, 0.1) is 0 Å². The van der Waals surface area contributed by atoms with E-state index in [0.29, 0.717) is 28.4 Å². The smallest absolute Gasteiger partial charge is 0.275 e. The van der Waals surface area contributed by atoms with Gasteiger partial charge < -0.3 is 14.2 Å². The summed E-state index contributed by atoms with van der Waals surface area (Å²) in [4.78, 5) is 12.1. The normalized spacial score (nSPS) is 10.4. The minimum absolute atomic E-state index is 0.361. The summed E-state index contributed by atoms with van der Waals surface area (Å²) in [7, 11) is 4.65. The second kappa shape index (κ2) is 7.84. The predicted octanol–water partition coefficient (Wildman–Crippen LogP) is 2.48. The number of hydrazone groups is 1. The summed E-state index contributed by atoms with van der Waals surface area (Å²) in [6.07, 6.45) is 1.49. The number of hydrogen-bond donors (Lipinski definition) is 1. The Balaban J connectivity index is 2.14. The number of carbonyl (C=O) groups excluding carboxylic acids is 1. The van der Waals surface area contributed by atoms with Crippen LogP contribution in [-0.2, 0) is 0 Å². The van der Waals surface area contributed by atoms with Crippen LogP contribution in [0.1, 0.15) is 15.9 Å². The highest BCUT2D eigenvalue weighted by molar-refractivity contribution is 5.97. The number of amides is 1. The standard InChI is InChI=1S/C17H18N2O4/c1-21-13-8-9-15(22-2)12(10-13)11-18-19-17(20)14-6-4-5-7-16(14)23-3/h4-11H,1-3H3,(H,19,20). The summed E-state index contributed by atoms with van der Waals surface area (Å²) >= 11 is 0. The molecule has 0 aliphatic heterocycles. The number of methoxy groups -OCH3 is 3. The number of hydrogen-bond acceptors (Lipinski definition) is 5. The Hall–Kier alpha value is -3.02. The molecule has 0 unspecified atom stereocenters. The van der Waals surface area contributed by atoms with Gasteiger partial charge in [0.15, 0.2) is 0 Å². The van der Waals surface area contributed by atoms with Gasteiger partial charge in [-0.1, -0.05) is 12.1 Å². The van der Waals surface area contributed by atoms with Crippen LogP contribution in [0.3, 0.4) is 0 Å². The van der Waals surface area contributed by atoms with Crippen LogP contribution >= 0.6 is 0 Å². The van der Waals surface area contributed by atoms with E-state index in [1.165, 1.54) is 13.3 Å². The molecule has 0 heterocycles. The lowest BCUT2D eigenvalue weighted by molar-refractivity contribution is 0.0952. The van der Waals surface area contributed by atoms with E-state index in [2.05, 4.69) is 10.5 Å². The zero-order valence-electron chi connectivity index (χ0n) is 13.2. The first kappa shape index (κ1) is 16.4. The van der Waals surface area contributed by atoms with E-state index in [0.717, 1.165) is 0 Å². The van der Waals surface area contributed by atoms with Crippen LogP contribution < -0.4 is 19.6 Å². The zero-order chi connectivity index (χ0) is 16.7. The largest absolute Gasteiger partial charge is 0.497 e. The molecule has 0 bridgehead atoms. The highest BCUT2D eigenvalue weighted by Crippen LogP contribution is 2.22. The van der Waals surface area contributed by atoms with E-state index in [9.17, 15) is 4.79 Å². The summed E-state index contributed by atoms with van der Waals surface area (Å²) in [6.45, 7) is 0. The Labute approximate surface area is 134 Å². The van der Waals surface area contributed by atoms with Crippen molar-refractivity contribution in [3.8, 4) is 17.2 Å². The van der Waals surface area contributed by atoms with Crippen LogP contribution in [0.2, 0.25) is 0 Å². The van der Waals surface area contributed by atoms with Crippen molar-refractivity contribution in [1.82, 2.24) is 5.43 Å². The Bertz CT molecular complexity index is 713. The first-order valence-electron chi connectivity index (χ1n) is 6.88. The molecule has 1 N–H and O–H groups in total. The maximum Gasteiger partial charge on any atom is 0.275 e. The molecular weight excluding hydrogens is 296 g/mol. The number of ether oxygens (including phenoxy) is 3. The summed E-state index contributed by atoms with van der Waals surface area (Å²) in [5, 5.41) is 3.96. The lowest BCUT2D eigenvalue weighted by atomic mass is 10.2. The number of rotatable bonds is 6. The van der Waals surface area contributed by atoms with E-state index < -0.39 is 0 Å². The second-order valence-corrected chi connectivity index (χ2v) is 4.51. The van der Waals surface area contributed by atoms with E-state index >= 15 is 0 Å². The molecule has 0 saturated heterocycles. The highest BCUT2D eigenvalue weighted by Gasteiger charge is 2.10. The third-order valence-corrected chi connectivity index (χ3v) is 3.16. The van der Waals surface area contributed by atoms with Gasteiger partial charge in [-0.2, -0.15) is 5.10 Å². The average Bonchev–Trinajstić information content (AvgIpc) is 2.61. The molecule has 2 rings (SSSR count). The van der Waals surface area contributed by atoms with Crippen molar-refractivity contribution < 1.29 is 19.0 Å². The van der Waals surface area contributed by atoms with E-state index in [-0.39, 0.29) is 5.91 Å². The van der Waals surface area contributed by atoms with Crippen molar-refractivity contribution >= 4 is 12.1 Å².